The fraction of sp³-hybridized carbons (Fsp3) is 0.217. The minimum atomic E-state index is -0.236. The number of hydrogen-bond acceptors (Lipinski definition) is 4. The van der Waals surface area contributed by atoms with Gasteiger partial charge in [-0.25, -0.2) is 9.67 Å². The molecule has 0 radical (unpaired) electrons. The molecule has 0 aliphatic heterocycles. The van der Waals surface area contributed by atoms with Crippen LogP contribution in [0.3, 0.4) is 0 Å². The summed E-state index contributed by atoms with van der Waals surface area (Å²) in [6.07, 6.45) is 9.39. The van der Waals surface area contributed by atoms with Gasteiger partial charge in [0.25, 0.3) is 0 Å². The second kappa shape index (κ2) is 7.26. The molecule has 30 heavy (non-hydrogen) atoms. The maximum atomic E-state index is 11.8. The second-order valence-electron chi connectivity index (χ2n) is 7.61. The van der Waals surface area contributed by atoms with E-state index in [0.717, 1.165) is 33.5 Å². The molecule has 0 bridgehead atoms. The van der Waals surface area contributed by atoms with Gasteiger partial charge in [-0.1, -0.05) is 24.3 Å². The molecule has 1 aliphatic carbocycles. The van der Waals surface area contributed by atoms with E-state index >= 15 is 0 Å². The number of benzene rings is 1. The highest BCUT2D eigenvalue weighted by Crippen LogP contribution is 2.37. The third-order valence-electron chi connectivity index (χ3n) is 5.37. The van der Waals surface area contributed by atoms with Crippen molar-refractivity contribution >= 4 is 16.9 Å². The Hall–Kier alpha value is -3.74. The molecule has 150 valence electrons. The highest BCUT2D eigenvalue weighted by atomic mass is 16.1. The number of nitrogens with one attached hydrogen (secondary N) is 1. The van der Waals surface area contributed by atoms with E-state index in [4.69, 9.17) is 5.10 Å². The summed E-state index contributed by atoms with van der Waals surface area (Å²) in [5, 5.41) is 13.1. The van der Waals surface area contributed by atoms with Gasteiger partial charge in [0.2, 0.25) is 5.91 Å². The average Bonchev–Trinajstić information content (AvgIpc) is 3.38. The number of aryl methyl sites for hydroxylation is 1. The lowest BCUT2D eigenvalue weighted by atomic mass is 10.1. The van der Waals surface area contributed by atoms with Crippen molar-refractivity contribution in [1.82, 2.24) is 29.9 Å². The van der Waals surface area contributed by atoms with Gasteiger partial charge in [-0.05, 0) is 49.6 Å². The van der Waals surface area contributed by atoms with Gasteiger partial charge in [0.15, 0.2) is 5.65 Å². The van der Waals surface area contributed by atoms with Crippen molar-refractivity contribution in [3.8, 4) is 16.8 Å². The van der Waals surface area contributed by atoms with E-state index in [9.17, 15) is 4.79 Å². The summed E-state index contributed by atoms with van der Waals surface area (Å²) in [6, 6.07) is 10.6. The molecule has 3 aromatic heterocycles. The molecule has 1 aliphatic rings. The van der Waals surface area contributed by atoms with Crippen LogP contribution in [-0.4, -0.2) is 30.5 Å². The molecule has 0 atom stereocenters. The average molecular weight is 398 g/mol. The van der Waals surface area contributed by atoms with E-state index < -0.39 is 0 Å². The van der Waals surface area contributed by atoms with Crippen LogP contribution in [0.5, 0.6) is 0 Å². The zero-order valence-electron chi connectivity index (χ0n) is 16.7. The third kappa shape index (κ3) is 3.28. The third-order valence-corrected chi connectivity index (χ3v) is 5.37. The van der Waals surface area contributed by atoms with Crippen LogP contribution < -0.4 is 5.32 Å². The summed E-state index contributed by atoms with van der Waals surface area (Å²) in [5.74, 6) is -0.236. The van der Waals surface area contributed by atoms with Crippen molar-refractivity contribution in [2.75, 3.05) is 0 Å². The summed E-state index contributed by atoms with van der Waals surface area (Å²) in [7, 11) is 0. The topological polar surface area (TPSA) is 77.6 Å². The van der Waals surface area contributed by atoms with Crippen LogP contribution in [0.4, 0.5) is 0 Å². The fourth-order valence-electron chi connectivity index (χ4n) is 3.60. The maximum absolute atomic E-state index is 11.8. The summed E-state index contributed by atoms with van der Waals surface area (Å²) in [5.41, 5.74) is 5.63. The lowest BCUT2D eigenvalue weighted by Crippen LogP contribution is -2.20. The lowest BCUT2D eigenvalue weighted by Gasteiger charge is -2.04. The number of hydrogen-bond donors (Lipinski definition) is 1. The monoisotopic (exact) mass is 398 g/mol. The maximum Gasteiger partial charge on any atom is 0.243 e. The molecule has 1 N–H and O–H groups in total. The van der Waals surface area contributed by atoms with Crippen molar-refractivity contribution in [1.29, 1.82) is 0 Å². The molecule has 1 amide bonds. The van der Waals surface area contributed by atoms with Crippen LogP contribution in [0.25, 0.3) is 27.8 Å². The molecule has 5 rings (SSSR count). The van der Waals surface area contributed by atoms with Crippen molar-refractivity contribution in [3.05, 3.63) is 72.8 Å². The second-order valence-corrected chi connectivity index (χ2v) is 7.61. The molecular formula is C23H22N6O. The Balaban J connectivity index is 1.67. The van der Waals surface area contributed by atoms with Crippen LogP contribution in [0.2, 0.25) is 0 Å². The predicted molar refractivity (Wildman–Crippen MR) is 115 cm³/mol. The van der Waals surface area contributed by atoms with E-state index in [0.29, 0.717) is 6.04 Å². The largest absolute Gasteiger partial charge is 0.347 e. The molecule has 1 aromatic carbocycles. The first-order valence-corrected chi connectivity index (χ1v) is 10.0. The van der Waals surface area contributed by atoms with Gasteiger partial charge in [-0.2, -0.15) is 10.2 Å². The molecule has 0 saturated heterocycles. The van der Waals surface area contributed by atoms with E-state index in [1.165, 1.54) is 24.5 Å². The van der Waals surface area contributed by atoms with Crippen LogP contribution in [0.15, 0.2) is 61.6 Å². The number of fused-ring (bicyclic) bond motifs is 1. The standard InChI is InChI=1S/C23H22N6O/c1-3-21(30)25-13-20-22-19(16-12-26-28(14-16)17-8-9-17)10-11-24-23(22)29(27-20)18-6-4-15(2)5-7-18/h3-7,10-12,14,17H,1,8-9,13H2,2H3,(H,25,30). The van der Waals surface area contributed by atoms with E-state index in [2.05, 4.69) is 35.1 Å². The first kappa shape index (κ1) is 18.3. The molecule has 1 fully saturated rings. The summed E-state index contributed by atoms with van der Waals surface area (Å²) in [4.78, 5) is 16.4. The quantitative estimate of drug-likeness (QED) is 0.502. The van der Waals surface area contributed by atoms with Gasteiger partial charge in [0.1, 0.15) is 0 Å². The SMILES string of the molecule is C=CC(=O)NCc1nn(-c2ccc(C)cc2)c2nccc(-c3cnn(C4CC4)c3)c12. The molecule has 0 spiro atoms. The van der Waals surface area contributed by atoms with Gasteiger partial charge in [0.05, 0.1) is 35.6 Å². The predicted octanol–water partition coefficient (Wildman–Crippen LogP) is 3.73. The van der Waals surface area contributed by atoms with Crippen LogP contribution in [0, 0.1) is 6.92 Å². The Morgan fingerprint density at radius 1 is 1.27 bits per heavy atom. The van der Waals surface area contributed by atoms with Crippen molar-refractivity contribution in [2.45, 2.75) is 32.4 Å². The number of rotatable bonds is 6. The van der Waals surface area contributed by atoms with Gasteiger partial charge >= 0.3 is 0 Å². The molecule has 1 saturated carbocycles. The number of carbonyl (C=O) groups is 1. The molecule has 4 aromatic rings. The Labute approximate surface area is 174 Å². The first-order valence-electron chi connectivity index (χ1n) is 10.0. The zero-order chi connectivity index (χ0) is 20.7. The van der Waals surface area contributed by atoms with Gasteiger partial charge in [-0.3, -0.25) is 9.48 Å². The Morgan fingerprint density at radius 3 is 2.80 bits per heavy atom. The zero-order valence-corrected chi connectivity index (χ0v) is 16.7. The smallest absolute Gasteiger partial charge is 0.243 e. The Kier molecular flexibility index (Phi) is 4.43. The normalized spacial score (nSPS) is 13.5. The highest BCUT2D eigenvalue weighted by Gasteiger charge is 2.25. The van der Waals surface area contributed by atoms with E-state index in [-0.39, 0.29) is 12.5 Å². The van der Waals surface area contributed by atoms with E-state index in [1.54, 1.807) is 6.20 Å². The summed E-state index contributed by atoms with van der Waals surface area (Å²) in [6.45, 7) is 5.86. The first-order chi connectivity index (χ1) is 14.6. The number of nitrogens with zero attached hydrogens (tertiary/aromatic N) is 5. The molecular weight excluding hydrogens is 376 g/mol. The van der Waals surface area contributed by atoms with E-state index in [1.807, 2.05) is 45.9 Å². The number of amides is 1. The number of aromatic nitrogens is 5. The van der Waals surface area contributed by atoms with Crippen LogP contribution in [0.1, 0.15) is 30.1 Å². The molecule has 0 unspecified atom stereocenters. The number of pyridine rings is 1. The summed E-state index contributed by atoms with van der Waals surface area (Å²) >= 11 is 0. The van der Waals surface area contributed by atoms with Crippen molar-refractivity contribution in [2.24, 2.45) is 0 Å². The van der Waals surface area contributed by atoms with Gasteiger partial charge < -0.3 is 5.32 Å². The Morgan fingerprint density at radius 2 is 2.07 bits per heavy atom. The Bertz CT molecular complexity index is 1250. The lowest BCUT2D eigenvalue weighted by molar-refractivity contribution is -0.116. The highest BCUT2D eigenvalue weighted by molar-refractivity contribution is 5.95. The van der Waals surface area contributed by atoms with Crippen LogP contribution in [-0.2, 0) is 11.3 Å². The number of carbonyl (C=O) groups excluding carboxylic acids is 1. The fourth-order valence-corrected chi connectivity index (χ4v) is 3.60. The van der Waals surface area contributed by atoms with Crippen LogP contribution >= 0.6 is 0 Å². The molecule has 7 heteroatoms. The summed E-state index contributed by atoms with van der Waals surface area (Å²) < 4.78 is 3.87. The molecule has 3 heterocycles. The minimum absolute atomic E-state index is 0.236. The molecule has 7 nitrogen and oxygen atoms in total. The minimum Gasteiger partial charge on any atom is -0.347 e. The van der Waals surface area contributed by atoms with Crippen molar-refractivity contribution < 1.29 is 4.79 Å². The van der Waals surface area contributed by atoms with Gasteiger partial charge in [-0.15, -0.1) is 0 Å². The van der Waals surface area contributed by atoms with Gasteiger partial charge in [0, 0.05) is 18.0 Å². The van der Waals surface area contributed by atoms with Crippen molar-refractivity contribution in [3.63, 3.8) is 0 Å².